The summed E-state index contributed by atoms with van der Waals surface area (Å²) in [6, 6.07) is 0. The van der Waals surface area contributed by atoms with E-state index in [-0.39, 0.29) is 12.5 Å². The lowest BCUT2D eigenvalue weighted by molar-refractivity contribution is -0.132. The molecule has 1 amide bonds. The van der Waals surface area contributed by atoms with Crippen LogP contribution in [0.3, 0.4) is 0 Å². The first-order chi connectivity index (χ1) is 9.56. The second kappa shape index (κ2) is 9.32. The third-order valence-electron chi connectivity index (χ3n) is 3.96. The largest absolute Gasteiger partial charge is 0.395 e. The van der Waals surface area contributed by atoms with Crippen molar-refractivity contribution in [2.75, 3.05) is 45.9 Å². The highest BCUT2D eigenvalue weighted by molar-refractivity contribution is 5.76. The van der Waals surface area contributed by atoms with Crippen molar-refractivity contribution in [3.8, 4) is 0 Å². The molecule has 0 bridgehead atoms. The Morgan fingerprint density at radius 1 is 1.25 bits per heavy atom. The number of aliphatic hydroxyl groups excluding tert-OH is 1. The van der Waals surface area contributed by atoms with Gasteiger partial charge in [-0.25, -0.2) is 0 Å². The molecule has 0 aromatic carbocycles. The fourth-order valence-corrected chi connectivity index (χ4v) is 2.89. The first-order valence-corrected chi connectivity index (χ1v) is 7.87. The van der Waals surface area contributed by atoms with Gasteiger partial charge in [-0.3, -0.25) is 9.69 Å². The average molecular weight is 285 g/mol. The molecule has 0 aromatic heterocycles. The normalized spacial score (nSPS) is 19.1. The predicted molar refractivity (Wildman–Crippen MR) is 81.3 cm³/mol. The molecule has 5 heteroatoms. The quantitative estimate of drug-likeness (QED) is 0.716. The van der Waals surface area contributed by atoms with Gasteiger partial charge >= 0.3 is 0 Å². The molecule has 1 atom stereocenters. The molecule has 20 heavy (non-hydrogen) atoms. The molecule has 1 unspecified atom stereocenters. The summed E-state index contributed by atoms with van der Waals surface area (Å²) < 4.78 is 0. The molecule has 0 saturated carbocycles. The number of nitrogens with zero attached hydrogens (tertiary/aromatic N) is 2. The van der Waals surface area contributed by atoms with Crippen LogP contribution in [0.5, 0.6) is 0 Å². The van der Waals surface area contributed by atoms with Crippen LogP contribution in [0, 0.1) is 11.8 Å². The zero-order valence-electron chi connectivity index (χ0n) is 13.1. The number of hydrogen-bond donors (Lipinski definition) is 2. The predicted octanol–water partition coefficient (Wildman–Crippen LogP) is 0.524. The topological polar surface area (TPSA) is 69.8 Å². The summed E-state index contributed by atoms with van der Waals surface area (Å²) in [5, 5.41) is 8.98. The van der Waals surface area contributed by atoms with Gasteiger partial charge in [-0.15, -0.1) is 0 Å². The smallest absolute Gasteiger partial charge is 0.222 e. The van der Waals surface area contributed by atoms with Gasteiger partial charge in [0, 0.05) is 32.6 Å². The van der Waals surface area contributed by atoms with Crippen LogP contribution < -0.4 is 5.73 Å². The molecular formula is C15H31N3O2. The van der Waals surface area contributed by atoms with Crippen molar-refractivity contribution in [1.29, 1.82) is 0 Å². The Bertz CT molecular complexity index is 284. The van der Waals surface area contributed by atoms with Crippen LogP contribution in [-0.2, 0) is 4.79 Å². The Kier molecular flexibility index (Phi) is 8.11. The zero-order chi connectivity index (χ0) is 15.0. The van der Waals surface area contributed by atoms with E-state index in [1.807, 2.05) is 4.90 Å². The van der Waals surface area contributed by atoms with Crippen LogP contribution in [0.1, 0.15) is 33.1 Å². The van der Waals surface area contributed by atoms with E-state index in [2.05, 4.69) is 18.7 Å². The molecular weight excluding hydrogens is 254 g/mol. The Balaban J connectivity index is 2.42. The molecule has 1 aliphatic rings. The maximum absolute atomic E-state index is 12.4. The van der Waals surface area contributed by atoms with Crippen molar-refractivity contribution in [2.45, 2.75) is 33.1 Å². The fraction of sp³-hybridized carbons (Fsp3) is 0.933. The van der Waals surface area contributed by atoms with E-state index in [1.165, 1.54) is 0 Å². The van der Waals surface area contributed by atoms with Crippen LogP contribution >= 0.6 is 0 Å². The standard InChI is InChI=1S/C15H31N3O2/c1-13(2)10-14(12-16)11-15(20)18-5-3-4-17(6-7-18)8-9-19/h13-14,19H,3-12,16H2,1-2H3. The van der Waals surface area contributed by atoms with Gasteiger partial charge in [0.2, 0.25) is 5.91 Å². The van der Waals surface area contributed by atoms with E-state index in [1.54, 1.807) is 0 Å². The van der Waals surface area contributed by atoms with Crippen LogP contribution in [0.2, 0.25) is 0 Å². The molecule has 0 radical (unpaired) electrons. The summed E-state index contributed by atoms with van der Waals surface area (Å²) in [7, 11) is 0. The summed E-state index contributed by atoms with van der Waals surface area (Å²) in [6.45, 7) is 9.28. The molecule has 1 saturated heterocycles. The van der Waals surface area contributed by atoms with Gasteiger partial charge in [0.25, 0.3) is 0 Å². The van der Waals surface area contributed by atoms with Gasteiger partial charge in [0.05, 0.1) is 6.61 Å². The third-order valence-corrected chi connectivity index (χ3v) is 3.96. The zero-order valence-corrected chi connectivity index (χ0v) is 13.1. The molecule has 0 spiro atoms. The van der Waals surface area contributed by atoms with Gasteiger partial charge in [-0.2, -0.15) is 0 Å². The molecule has 1 fully saturated rings. The van der Waals surface area contributed by atoms with E-state index in [0.717, 1.165) is 39.0 Å². The lowest BCUT2D eigenvalue weighted by atomic mass is 9.94. The number of amides is 1. The summed E-state index contributed by atoms with van der Waals surface area (Å²) in [4.78, 5) is 16.6. The van der Waals surface area contributed by atoms with Crippen LogP contribution in [0.15, 0.2) is 0 Å². The minimum absolute atomic E-state index is 0.192. The average Bonchev–Trinajstić information content (AvgIpc) is 2.63. The van der Waals surface area contributed by atoms with Crippen molar-refractivity contribution in [1.82, 2.24) is 9.80 Å². The highest BCUT2D eigenvalue weighted by Gasteiger charge is 2.21. The second-order valence-corrected chi connectivity index (χ2v) is 6.23. The van der Waals surface area contributed by atoms with Crippen molar-refractivity contribution in [3.05, 3.63) is 0 Å². The molecule has 5 nitrogen and oxygen atoms in total. The van der Waals surface area contributed by atoms with Crippen LogP contribution in [0.4, 0.5) is 0 Å². The van der Waals surface area contributed by atoms with E-state index in [0.29, 0.717) is 31.3 Å². The number of aliphatic hydroxyl groups is 1. The summed E-state index contributed by atoms with van der Waals surface area (Å²) >= 11 is 0. The number of β-amino-alcohol motifs (C(OH)–C–C–N with tert-alkyl or cyclic N) is 1. The SMILES string of the molecule is CC(C)CC(CN)CC(=O)N1CCCN(CCO)CC1. The molecule has 0 aliphatic carbocycles. The van der Waals surface area contributed by atoms with E-state index >= 15 is 0 Å². The maximum atomic E-state index is 12.4. The van der Waals surface area contributed by atoms with Crippen molar-refractivity contribution in [2.24, 2.45) is 17.6 Å². The van der Waals surface area contributed by atoms with Crippen LogP contribution in [0.25, 0.3) is 0 Å². The number of nitrogens with two attached hydrogens (primary N) is 1. The fourth-order valence-electron chi connectivity index (χ4n) is 2.89. The monoisotopic (exact) mass is 285 g/mol. The van der Waals surface area contributed by atoms with Gasteiger partial charge in [-0.1, -0.05) is 13.8 Å². The van der Waals surface area contributed by atoms with Gasteiger partial charge in [0.1, 0.15) is 0 Å². The first-order valence-electron chi connectivity index (χ1n) is 7.87. The number of carbonyl (C=O) groups excluding carboxylic acids is 1. The van der Waals surface area contributed by atoms with Crippen LogP contribution in [-0.4, -0.2) is 66.7 Å². The molecule has 0 aromatic rings. The first kappa shape index (κ1) is 17.4. The highest BCUT2D eigenvalue weighted by Crippen LogP contribution is 2.16. The number of carbonyl (C=O) groups is 1. The number of hydrogen-bond acceptors (Lipinski definition) is 4. The molecule has 3 N–H and O–H groups in total. The number of rotatable bonds is 7. The van der Waals surface area contributed by atoms with Crippen molar-refractivity contribution < 1.29 is 9.90 Å². The van der Waals surface area contributed by atoms with E-state index in [4.69, 9.17) is 10.8 Å². The van der Waals surface area contributed by atoms with Gasteiger partial charge in [-0.05, 0) is 37.8 Å². The third kappa shape index (κ3) is 6.20. The summed E-state index contributed by atoms with van der Waals surface area (Å²) in [5.74, 6) is 1.13. The Labute approximate surface area is 123 Å². The molecule has 1 rings (SSSR count). The van der Waals surface area contributed by atoms with E-state index in [9.17, 15) is 4.79 Å². The minimum atomic E-state index is 0.192. The van der Waals surface area contributed by atoms with Gasteiger partial charge < -0.3 is 15.7 Å². The van der Waals surface area contributed by atoms with E-state index < -0.39 is 0 Å². The molecule has 1 aliphatic heterocycles. The molecule has 118 valence electrons. The minimum Gasteiger partial charge on any atom is -0.395 e. The Morgan fingerprint density at radius 2 is 2.00 bits per heavy atom. The highest BCUT2D eigenvalue weighted by atomic mass is 16.3. The molecule has 1 heterocycles. The summed E-state index contributed by atoms with van der Waals surface area (Å²) in [5.41, 5.74) is 5.78. The lowest BCUT2D eigenvalue weighted by Crippen LogP contribution is -2.37. The Hall–Kier alpha value is -0.650. The lowest BCUT2D eigenvalue weighted by Gasteiger charge is -2.24. The van der Waals surface area contributed by atoms with Crippen molar-refractivity contribution in [3.63, 3.8) is 0 Å². The van der Waals surface area contributed by atoms with Crippen molar-refractivity contribution >= 4 is 5.91 Å². The second-order valence-electron chi connectivity index (χ2n) is 6.23. The summed E-state index contributed by atoms with van der Waals surface area (Å²) in [6.07, 6.45) is 2.59. The Morgan fingerprint density at radius 3 is 2.60 bits per heavy atom. The van der Waals surface area contributed by atoms with Gasteiger partial charge in [0.15, 0.2) is 0 Å². The maximum Gasteiger partial charge on any atom is 0.222 e.